The van der Waals surface area contributed by atoms with Gasteiger partial charge in [0, 0.05) is 16.5 Å². The van der Waals surface area contributed by atoms with Crippen LogP contribution in [0.5, 0.6) is 0 Å². The quantitative estimate of drug-likeness (QED) is 0.626. The highest BCUT2D eigenvalue weighted by atomic mass is 16.3. The number of fused-ring (bicyclic) bond motifs is 1. The molecule has 0 saturated carbocycles. The molecule has 0 aliphatic heterocycles. The highest BCUT2D eigenvalue weighted by Gasteiger charge is 2.12. The molecule has 1 aromatic heterocycles. The zero-order valence-electron chi connectivity index (χ0n) is 9.94. The number of benzene rings is 2. The average molecular weight is 235 g/mol. The van der Waals surface area contributed by atoms with E-state index in [1.165, 1.54) is 0 Å². The van der Waals surface area contributed by atoms with Crippen LogP contribution in [-0.4, -0.2) is 5.78 Å². The maximum absolute atomic E-state index is 11.6. The van der Waals surface area contributed by atoms with E-state index in [0.29, 0.717) is 11.3 Å². The lowest BCUT2D eigenvalue weighted by atomic mass is 10.0. The number of Topliss-reactive ketones (excluding diaryl/α,β-unsaturated/α-hetero) is 1. The topological polar surface area (TPSA) is 30.2 Å². The molecule has 2 nitrogen and oxygen atoms in total. The molecule has 0 amide bonds. The Morgan fingerprint density at radius 1 is 1.17 bits per heavy atom. The molecule has 18 heavy (non-hydrogen) atoms. The highest BCUT2D eigenvalue weighted by Crippen LogP contribution is 2.29. The summed E-state index contributed by atoms with van der Waals surface area (Å²) in [4.78, 5) is 11.6. The second-order valence-corrected chi connectivity index (χ2v) is 4.16. The molecule has 2 heteroatoms. The summed E-state index contributed by atoms with van der Waals surface area (Å²) in [6, 6.07) is 18.2. The molecule has 0 saturated heterocycles. The van der Waals surface area contributed by atoms with Crippen molar-refractivity contribution in [1.82, 2.24) is 0 Å². The summed E-state index contributed by atoms with van der Waals surface area (Å²) in [5, 5.41) is 1.03. The van der Waals surface area contributed by atoms with E-state index in [1.54, 1.807) is 19.1 Å². The molecule has 0 bridgehead atoms. The third-order valence-electron chi connectivity index (χ3n) is 2.91. The Hall–Kier alpha value is -2.35. The van der Waals surface area contributed by atoms with Crippen LogP contribution >= 0.6 is 0 Å². The van der Waals surface area contributed by atoms with Gasteiger partial charge in [-0.05, 0) is 25.1 Å². The van der Waals surface area contributed by atoms with Crippen LogP contribution in [-0.2, 0) is 0 Å². The second-order valence-electron chi connectivity index (χ2n) is 4.16. The van der Waals surface area contributed by atoms with Crippen LogP contribution in [0, 0.1) is 6.07 Å². The zero-order chi connectivity index (χ0) is 12.5. The van der Waals surface area contributed by atoms with Gasteiger partial charge >= 0.3 is 0 Å². The Labute approximate surface area is 105 Å². The van der Waals surface area contributed by atoms with E-state index in [1.807, 2.05) is 36.4 Å². The molecule has 0 aliphatic rings. The lowest BCUT2D eigenvalue weighted by Crippen LogP contribution is -1.94. The lowest BCUT2D eigenvalue weighted by molar-refractivity contribution is 0.101. The zero-order valence-corrected chi connectivity index (χ0v) is 9.94. The van der Waals surface area contributed by atoms with Crippen molar-refractivity contribution in [2.75, 3.05) is 0 Å². The van der Waals surface area contributed by atoms with Gasteiger partial charge in [0.1, 0.15) is 11.3 Å². The van der Waals surface area contributed by atoms with E-state index in [-0.39, 0.29) is 5.78 Å². The first kappa shape index (κ1) is 10.8. The standard InChI is InChI=1S/C16H11O2/c1-11(17)13-7-3-4-8-14(13)16-10-12-6-2-5-9-15(12)18-16/h2-7,9-10H,1H3. The van der Waals surface area contributed by atoms with Crippen molar-refractivity contribution in [1.29, 1.82) is 0 Å². The minimum atomic E-state index is 0.0160. The fourth-order valence-corrected chi connectivity index (χ4v) is 2.04. The van der Waals surface area contributed by atoms with Crippen LogP contribution in [0.4, 0.5) is 0 Å². The van der Waals surface area contributed by atoms with Crippen LogP contribution in [0.25, 0.3) is 22.3 Å². The van der Waals surface area contributed by atoms with Crippen LogP contribution in [0.1, 0.15) is 17.3 Å². The fraction of sp³-hybridized carbons (Fsp3) is 0.0625. The third kappa shape index (κ3) is 1.72. The average Bonchev–Trinajstić information content (AvgIpc) is 2.82. The maximum Gasteiger partial charge on any atom is 0.160 e. The van der Waals surface area contributed by atoms with E-state index < -0.39 is 0 Å². The first-order valence-electron chi connectivity index (χ1n) is 5.76. The van der Waals surface area contributed by atoms with Gasteiger partial charge in [0.25, 0.3) is 0 Å². The SMILES string of the molecule is CC(=O)c1ccc[c]c1-c1cc2ccccc2o1. The number of furan rings is 1. The molecule has 87 valence electrons. The van der Waals surface area contributed by atoms with Crippen LogP contribution in [0.3, 0.4) is 0 Å². The van der Waals surface area contributed by atoms with Gasteiger partial charge in [-0.15, -0.1) is 0 Å². The molecule has 1 heterocycles. The summed E-state index contributed by atoms with van der Waals surface area (Å²) < 4.78 is 5.76. The third-order valence-corrected chi connectivity index (χ3v) is 2.91. The minimum absolute atomic E-state index is 0.0160. The van der Waals surface area contributed by atoms with Crippen molar-refractivity contribution in [2.24, 2.45) is 0 Å². The summed E-state index contributed by atoms with van der Waals surface area (Å²) in [6.07, 6.45) is 0. The number of ketones is 1. The largest absolute Gasteiger partial charge is 0.456 e. The Bertz CT molecular complexity index is 690. The van der Waals surface area contributed by atoms with E-state index >= 15 is 0 Å². The van der Waals surface area contributed by atoms with Gasteiger partial charge in [-0.3, -0.25) is 4.79 Å². The highest BCUT2D eigenvalue weighted by molar-refractivity contribution is 6.00. The number of hydrogen-bond donors (Lipinski definition) is 0. The maximum atomic E-state index is 11.6. The number of rotatable bonds is 2. The summed E-state index contributed by atoms with van der Waals surface area (Å²) in [7, 11) is 0. The van der Waals surface area contributed by atoms with Gasteiger partial charge in [0.05, 0.1) is 0 Å². The van der Waals surface area contributed by atoms with Crippen molar-refractivity contribution in [3.05, 3.63) is 60.2 Å². The van der Waals surface area contributed by atoms with Crippen molar-refractivity contribution in [3.8, 4) is 11.3 Å². The van der Waals surface area contributed by atoms with E-state index in [9.17, 15) is 4.79 Å². The van der Waals surface area contributed by atoms with Crippen molar-refractivity contribution >= 4 is 16.8 Å². The molecule has 0 unspecified atom stereocenters. The first-order chi connectivity index (χ1) is 8.75. The van der Waals surface area contributed by atoms with Gasteiger partial charge in [-0.1, -0.05) is 36.4 Å². The van der Waals surface area contributed by atoms with Gasteiger partial charge in [0.2, 0.25) is 0 Å². The number of carbonyl (C=O) groups is 1. The molecule has 3 aromatic rings. The molecule has 0 atom stereocenters. The smallest absolute Gasteiger partial charge is 0.160 e. The predicted molar refractivity (Wildman–Crippen MR) is 70.5 cm³/mol. The molecule has 0 N–H and O–H groups in total. The fourth-order valence-electron chi connectivity index (χ4n) is 2.04. The lowest BCUT2D eigenvalue weighted by Gasteiger charge is -2.02. The van der Waals surface area contributed by atoms with Crippen molar-refractivity contribution < 1.29 is 9.21 Å². The van der Waals surface area contributed by atoms with Crippen LogP contribution < -0.4 is 0 Å². The minimum Gasteiger partial charge on any atom is -0.456 e. The van der Waals surface area contributed by atoms with Gasteiger partial charge in [-0.25, -0.2) is 0 Å². The van der Waals surface area contributed by atoms with Crippen LogP contribution in [0.2, 0.25) is 0 Å². The second kappa shape index (κ2) is 4.15. The van der Waals surface area contributed by atoms with Crippen molar-refractivity contribution in [2.45, 2.75) is 6.92 Å². The molecule has 0 aliphatic carbocycles. The molecular formula is C16H11O2. The van der Waals surface area contributed by atoms with Gasteiger partial charge < -0.3 is 4.42 Å². The van der Waals surface area contributed by atoms with E-state index in [2.05, 4.69) is 6.07 Å². The predicted octanol–water partition coefficient (Wildman–Crippen LogP) is 4.10. The van der Waals surface area contributed by atoms with Crippen molar-refractivity contribution in [3.63, 3.8) is 0 Å². The molecule has 1 radical (unpaired) electrons. The van der Waals surface area contributed by atoms with E-state index in [0.717, 1.165) is 16.5 Å². The molecule has 2 aromatic carbocycles. The number of carbonyl (C=O) groups excluding carboxylic acids is 1. The summed E-state index contributed by atoms with van der Waals surface area (Å²) in [6.45, 7) is 1.55. The monoisotopic (exact) mass is 235 g/mol. The molecule has 0 fully saturated rings. The first-order valence-corrected chi connectivity index (χ1v) is 5.76. The molecule has 0 spiro atoms. The molecular weight excluding hydrogens is 224 g/mol. The Kier molecular flexibility index (Phi) is 2.49. The Morgan fingerprint density at radius 2 is 2.00 bits per heavy atom. The normalized spacial score (nSPS) is 10.7. The number of hydrogen-bond acceptors (Lipinski definition) is 2. The summed E-state index contributed by atoms with van der Waals surface area (Å²) >= 11 is 0. The Morgan fingerprint density at radius 3 is 2.78 bits per heavy atom. The van der Waals surface area contributed by atoms with Gasteiger partial charge in [-0.2, -0.15) is 0 Å². The Balaban J connectivity index is 2.23. The number of para-hydroxylation sites is 1. The van der Waals surface area contributed by atoms with Crippen LogP contribution in [0.15, 0.2) is 52.9 Å². The molecule has 3 rings (SSSR count). The van der Waals surface area contributed by atoms with E-state index in [4.69, 9.17) is 4.42 Å². The summed E-state index contributed by atoms with van der Waals surface area (Å²) in [5.74, 6) is 0.698. The van der Waals surface area contributed by atoms with Gasteiger partial charge in [0.15, 0.2) is 5.78 Å². The summed E-state index contributed by atoms with van der Waals surface area (Å²) in [5.41, 5.74) is 2.18.